The molecule has 8 heteroatoms. The molecule has 1 heterocycles. The van der Waals surface area contributed by atoms with Crippen LogP contribution < -0.4 is 14.8 Å². The zero-order valence-electron chi connectivity index (χ0n) is 14.9. The standard InChI is InChI=1S/C20H17ClFNO5/c1-12(28-19(24)7-4-13-2-5-16(22)15(21)8-13)20(25)23-10-14-3-6-17-18(9-14)27-11-26-17/h2-9,12H,10-11H2,1H3,(H,23,25)/b7-4+/t12-/m0/s1. The molecule has 0 unspecified atom stereocenters. The SMILES string of the molecule is C[C@H](OC(=O)/C=C/c1ccc(F)c(Cl)c1)C(=O)NCc1ccc2c(c1)OCO2. The highest BCUT2D eigenvalue weighted by Gasteiger charge is 2.17. The molecule has 0 aliphatic carbocycles. The van der Waals surface area contributed by atoms with Gasteiger partial charge < -0.3 is 19.5 Å². The number of fused-ring (bicyclic) bond motifs is 1. The summed E-state index contributed by atoms with van der Waals surface area (Å²) in [5.41, 5.74) is 1.35. The van der Waals surface area contributed by atoms with Crippen molar-refractivity contribution in [2.45, 2.75) is 19.6 Å². The van der Waals surface area contributed by atoms with Crippen LogP contribution in [-0.4, -0.2) is 24.8 Å². The molecular weight excluding hydrogens is 389 g/mol. The lowest BCUT2D eigenvalue weighted by molar-refractivity contribution is -0.150. The largest absolute Gasteiger partial charge is 0.454 e. The number of benzene rings is 2. The summed E-state index contributed by atoms with van der Waals surface area (Å²) in [5, 5.41) is 2.64. The van der Waals surface area contributed by atoms with Gasteiger partial charge in [0.05, 0.1) is 5.02 Å². The number of ether oxygens (including phenoxy) is 3. The lowest BCUT2D eigenvalue weighted by atomic mass is 10.2. The maximum absolute atomic E-state index is 13.1. The van der Waals surface area contributed by atoms with Crippen LogP contribution in [0, 0.1) is 5.82 Å². The first kappa shape index (κ1) is 19.7. The molecule has 28 heavy (non-hydrogen) atoms. The number of esters is 1. The van der Waals surface area contributed by atoms with Crippen LogP contribution in [0.5, 0.6) is 11.5 Å². The van der Waals surface area contributed by atoms with Crippen LogP contribution in [-0.2, 0) is 20.9 Å². The normalized spacial score (nSPS) is 13.4. The fraction of sp³-hybridized carbons (Fsp3) is 0.200. The van der Waals surface area contributed by atoms with Gasteiger partial charge in [-0.3, -0.25) is 4.79 Å². The monoisotopic (exact) mass is 405 g/mol. The van der Waals surface area contributed by atoms with Crippen LogP contribution in [0.15, 0.2) is 42.5 Å². The highest BCUT2D eigenvalue weighted by atomic mass is 35.5. The number of rotatable bonds is 6. The average Bonchev–Trinajstić information content (AvgIpc) is 3.14. The van der Waals surface area contributed by atoms with Crippen LogP contribution in [0.25, 0.3) is 6.08 Å². The van der Waals surface area contributed by atoms with Crippen molar-refractivity contribution in [2.75, 3.05) is 6.79 Å². The third-order valence-corrected chi connectivity index (χ3v) is 4.21. The van der Waals surface area contributed by atoms with E-state index in [1.165, 1.54) is 31.2 Å². The number of hydrogen-bond acceptors (Lipinski definition) is 5. The van der Waals surface area contributed by atoms with E-state index in [4.69, 9.17) is 25.8 Å². The van der Waals surface area contributed by atoms with E-state index in [-0.39, 0.29) is 18.4 Å². The molecule has 1 aliphatic rings. The zero-order valence-corrected chi connectivity index (χ0v) is 15.7. The number of nitrogens with one attached hydrogen (secondary N) is 1. The summed E-state index contributed by atoms with van der Waals surface area (Å²) in [6.45, 7) is 1.90. The third-order valence-electron chi connectivity index (χ3n) is 3.92. The zero-order chi connectivity index (χ0) is 20.1. The summed E-state index contributed by atoms with van der Waals surface area (Å²) in [5.74, 6) is -0.409. The predicted octanol–water partition coefficient (Wildman–Crippen LogP) is 3.47. The minimum absolute atomic E-state index is 0.0493. The molecule has 0 fully saturated rings. The Morgan fingerprint density at radius 1 is 1.25 bits per heavy atom. The molecule has 3 rings (SSSR count). The topological polar surface area (TPSA) is 73.9 Å². The van der Waals surface area contributed by atoms with E-state index in [2.05, 4.69) is 5.32 Å². The van der Waals surface area contributed by atoms with Gasteiger partial charge >= 0.3 is 5.97 Å². The molecule has 1 amide bonds. The van der Waals surface area contributed by atoms with Gasteiger partial charge in [-0.15, -0.1) is 0 Å². The molecule has 2 aromatic rings. The quantitative estimate of drug-likeness (QED) is 0.588. The van der Waals surface area contributed by atoms with Crippen molar-refractivity contribution in [2.24, 2.45) is 0 Å². The van der Waals surface area contributed by atoms with Gasteiger partial charge in [0, 0.05) is 12.6 Å². The number of hydrogen-bond donors (Lipinski definition) is 1. The smallest absolute Gasteiger partial charge is 0.331 e. The third kappa shape index (κ3) is 5.01. The highest BCUT2D eigenvalue weighted by molar-refractivity contribution is 6.30. The van der Waals surface area contributed by atoms with Gasteiger partial charge in [0.25, 0.3) is 5.91 Å². The maximum atomic E-state index is 13.1. The van der Waals surface area contributed by atoms with E-state index in [9.17, 15) is 14.0 Å². The highest BCUT2D eigenvalue weighted by Crippen LogP contribution is 2.32. The van der Waals surface area contributed by atoms with Crippen molar-refractivity contribution in [1.29, 1.82) is 0 Å². The van der Waals surface area contributed by atoms with Gasteiger partial charge in [0.1, 0.15) is 5.82 Å². The Labute approximate surface area is 165 Å². The van der Waals surface area contributed by atoms with Crippen molar-refractivity contribution in [3.8, 4) is 11.5 Å². The summed E-state index contributed by atoms with van der Waals surface area (Å²) in [6.07, 6.45) is 1.58. The Morgan fingerprint density at radius 3 is 2.82 bits per heavy atom. The van der Waals surface area contributed by atoms with Crippen molar-refractivity contribution >= 4 is 29.6 Å². The fourth-order valence-electron chi connectivity index (χ4n) is 2.43. The second kappa shape index (κ2) is 8.75. The molecule has 0 spiro atoms. The first-order valence-corrected chi connectivity index (χ1v) is 8.80. The van der Waals surface area contributed by atoms with Gasteiger partial charge in [0.15, 0.2) is 17.6 Å². The lowest BCUT2D eigenvalue weighted by Crippen LogP contribution is -2.35. The van der Waals surface area contributed by atoms with Gasteiger partial charge in [-0.1, -0.05) is 23.7 Å². The summed E-state index contributed by atoms with van der Waals surface area (Å²) in [6, 6.07) is 9.38. The second-order valence-electron chi connectivity index (χ2n) is 5.99. The van der Waals surface area contributed by atoms with Crippen LogP contribution in [0.3, 0.4) is 0 Å². The van der Waals surface area contributed by atoms with E-state index in [1.807, 2.05) is 0 Å². The predicted molar refractivity (Wildman–Crippen MR) is 100 cm³/mol. The van der Waals surface area contributed by atoms with Crippen molar-refractivity contribution in [3.05, 3.63) is 64.4 Å². The van der Waals surface area contributed by atoms with E-state index >= 15 is 0 Å². The molecule has 1 aliphatic heterocycles. The minimum Gasteiger partial charge on any atom is -0.454 e. The molecule has 2 aromatic carbocycles. The Bertz CT molecular complexity index is 931. The Kier molecular flexibility index (Phi) is 6.16. The first-order valence-electron chi connectivity index (χ1n) is 8.42. The number of halogens is 2. The lowest BCUT2D eigenvalue weighted by Gasteiger charge is -2.12. The maximum Gasteiger partial charge on any atom is 0.331 e. The summed E-state index contributed by atoms with van der Waals surface area (Å²) in [4.78, 5) is 24.0. The summed E-state index contributed by atoms with van der Waals surface area (Å²) < 4.78 is 28.7. The van der Waals surface area contributed by atoms with E-state index in [0.29, 0.717) is 17.1 Å². The van der Waals surface area contributed by atoms with Gasteiger partial charge in [-0.05, 0) is 48.4 Å². The van der Waals surface area contributed by atoms with Crippen molar-refractivity contribution in [3.63, 3.8) is 0 Å². The van der Waals surface area contributed by atoms with E-state index < -0.39 is 23.8 Å². The molecule has 0 aromatic heterocycles. The molecule has 146 valence electrons. The van der Waals surface area contributed by atoms with Crippen LogP contribution in [0.2, 0.25) is 5.02 Å². The minimum atomic E-state index is -0.983. The average molecular weight is 406 g/mol. The second-order valence-corrected chi connectivity index (χ2v) is 6.40. The van der Waals surface area contributed by atoms with E-state index in [1.54, 1.807) is 18.2 Å². The molecular formula is C20H17ClFNO5. The molecule has 0 saturated heterocycles. The summed E-state index contributed by atoms with van der Waals surface area (Å²) >= 11 is 5.68. The van der Waals surface area contributed by atoms with Gasteiger partial charge in [-0.2, -0.15) is 0 Å². The Balaban J connectivity index is 1.48. The van der Waals surface area contributed by atoms with Crippen LogP contribution >= 0.6 is 11.6 Å². The van der Waals surface area contributed by atoms with E-state index in [0.717, 1.165) is 11.6 Å². The first-order chi connectivity index (χ1) is 13.4. The number of amides is 1. The molecule has 1 atom stereocenters. The van der Waals surface area contributed by atoms with Gasteiger partial charge in [0.2, 0.25) is 6.79 Å². The Hall–Kier alpha value is -3.06. The fourth-order valence-corrected chi connectivity index (χ4v) is 2.62. The summed E-state index contributed by atoms with van der Waals surface area (Å²) in [7, 11) is 0. The van der Waals surface area contributed by atoms with Gasteiger partial charge in [-0.25, -0.2) is 9.18 Å². The van der Waals surface area contributed by atoms with Crippen molar-refractivity contribution in [1.82, 2.24) is 5.32 Å². The van der Waals surface area contributed by atoms with Crippen LogP contribution in [0.4, 0.5) is 4.39 Å². The number of carbonyl (C=O) groups excluding carboxylic acids is 2. The molecule has 1 N–H and O–H groups in total. The molecule has 0 radical (unpaired) electrons. The molecule has 0 bridgehead atoms. The number of carbonyl (C=O) groups is 2. The molecule has 6 nitrogen and oxygen atoms in total. The van der Waals surface area contributed by atoms with Crippen LogP contribution in [0.1, 0.15) is 18.1 Å². The molecule has 0 saturated carbocycles. The van der Waals surface area contributed by atoms with Crippen molar-refractivity contribution < 1.29 is 28.2 Å². The Morgan fingerprint density at radius 2 is 2.04 bits per heavy atom.